The van der Waals surface area contributed by atoms with E-state index in [4.69, 9.17) is 14.2 Å². The fraction of sp³-hybridized carbons (Fsp3) is 0.286. The molecular formula is C21H22N2O6. The summed E-state index contributed by atoms with van der Waals surface area (Å²) in [4.78, 5) is 38.5. The lowest BCUT2D eigenvalue weighted by atomic mass is 10.1. The average molecular weight is 398 g/mol. The van der Waals surface area contributed by atoms with Crippen LogP contribution < -0.4 is 15.0 Å². The van der Waals surface area contributed by atoms with Crippen molar-refractivity contribution in [3.05, 3.63) is 59.7 Å². The molecule has 0 aliphatic carbocycles. The minimum absolute atomic E-state index is 0.0242. The second-order valence-electron chi connectivity index (χ2n) is 6.40. The Morgan fingerprint density at radius 3 is 2.72 bits per heavy atom. The molecule has 8 nitrogen and oxygen atoms in total. The molecule has 1 N–H and O–H groups in total. The van der Waals surface area contributed by atoms with Crippen LogP contribution in [0.5, 0.6) is 5.75 Å². The van der Waals surface area contributed by atoms with E-state index in [2.05, 4.69) is 5.32 Å². The molecule has 1 atom stereocenters. The summed E-state index contributed by atoms with van der Waals surface area (Å²) in [7, 11) is 3.06. The molecule has 0 unspecified atom stereocenters. The van der Waals surface area contributed by atoms with E-state index in [9.17, 15) is 14.4 Å². The van der Waals surface area contributed by atoms with Gasteiger partial charge in [-0.3, -0.25) is 9.59 Å². The first kappa shape index (κ1) is 20.3. The molecule has 2 aromatic carbocycles. The van der Waals surface area contributed by atoms with Crippen molar-refractivity contribution in [2.45, 2.75) is 12.7 Å². The Labute approximate surface area is 168 Å². The van der Waals surface area contributed by atoms with Crippen molar-refractivity contribution in [2.75, 3.05) is 32.2 Å². The highest BCUT2D eigenvalue weighted by Gasteiger charge is 2.33. The maximum atomic E-state index is 12.8. The van der Waals surface area contributed by atoms with E-state index in [0.717, 1.165) is 5.56 Å². The van der Waals surface area contributed by atoms with Gasteiger partial charge in [-0.05, 0) is 29.8 Å². The van der Waals surface area contributed by atoms with Gasteiger partial charge in [-0.2, -0.15) is 0 Å². The van der Waals surface area contributed by atoms with Crippen LogP contribution in [0.15, 0.2) is 48.5 Å². The van der Waals surface area contributed by atoms with Crippen molar-refractivity contribution in [3.63, 3.8) is 0 Å². The summed E-state index contributed by atoms with van der Waals surface area (Å²) in [6.45, 7) is -0.0655. The van der Waals surface area contributed by atoms with Crippen molar-refractivity contribution in [1.29, 1.82) is 0 Å². The van der Waals surface area contributed by atoms with Gasteiger partial charge in [0, 0.05) is 14.2 Å². The SMILES string of the molecule is CNC(=O)[C@H]1CN(C(=O)COC(=O)c2cccc(COC)c2)c2ccccc2O1. The lowest BCUT2D eigenvalue weighted by Gasteiger charge is -2.33. The van der Waals surface area contributed by atoms with E-state index in [1.807, 2.05) is 6.07 Å². The van der Waals surface area contributed by atoms with Gasteiger partial charge in [-0.25, -0.2) is 4.79 Å². The molecule has 0 aromatic heterocycles. The fourth-order valence-corrected chi connectivity index (χ4v) is 3.01. The number of anilines is 1. The number of methoxy groups -OCH3 is 1. The number of carbonyl (C=O) groups is 3. The first-order chi connectivity index (χ1) is 14.0. The lowest BCUT2D eigenvalue weighted by molar-refractivity contribution is -0.128. The monoisotopic (exact) mass is 398 g/mol. The molecule has 2 amide bonds. The minimum atomic E-state index is -0.847. The van der Waals surface area contributed by atoms with E-state index in [1.54, 1.807) is 49.6 Å². The van der Waals surface area contributed by atoms with Crippen LogP contribution in [0.25, 0.3) is 0 Å². The average Bonchev–Trinajstić information content (AvgIpc) is 2.76. The number of carbonyl (C=O) groups excluding carboxylic acids is 3. The van der Waals surface area contributed by atoms with Crippen molar-refractivity contribution < 1.29 is 28.6 Å². The van der Waals surface area contributed by atoms with Crippen molar-refractivity contribution in [3.8, 4) is 5.75 Å². The summed E-state index contributed by atoms with van der Waals surface area (Å²) in [6, 6.07) is 13.7. The normalized spacial score (nSPS) is 15.1. The Kier molecular flexibility index (Phi) is 6.46. The quantitative estimate of drug-likeness (QED) is 0.742. The predicted octanol–water partition coefficient (Wildman–Crippen LogP) is 1.53. The molecule has 3 rings (SSSR count). The number of nitrogens with one attached hydrogen (secondary N) is 1. The van der Waals surface area contributed by atoms with Crippen LogP contribution in [0.4, 0.5) is 5.69 Å². The largest absolute Gasteiger partial charge is 0.477 e. The number of para-hydroxylation sites is 2. The van der Waals surface area contributed by atoms with Gasteiger partial charge >= 0.3 is 5.97 Å². The zero-order chi connectivity index (χ0) is 20.8. The molecule has 152 valence electrons. The molecule has 8 heteroatoms. The number of fused-ring (bicyclic) bond motifs is 1. The van der Waals surface area contributed by atoms with E-state index < -0.39 is 24.6 Å². The van der Waals surface area contributed by atoms with Gasteiger partial charge < -0.3 is 24.4 Å². The summed E-state index contributed by atoms with van der Waals surface area (Å²) in [5.74, 6) is -0.986. The molecular weight excluding hydrogens is 376 g/mol. The molecule has 1 aliphatic heterocycles. The zero-order valence-corrected chi connectivity index (χ0v) is 16.2. The Morgan fingerprint density at radius 1 is 1.17 bits per heavy atom. The molecule has 0 saturated carbocycles. The number of esters is 1. The van der Waals surface area contributed by atoms with Crippen LogP contribution in [0.2, 0.25) is 0 Å². The summed E-state index contributed by atoms with van der Waals surface area (Å²) in [6.07, 6.45) is -0.847. The van der Waals surface area contributed by atoms with Gasteiger partial charge in [0.25, 0.3) is 11.8 Å². The molecule has 2 aromatic rings. The maximum Gasteiger partial charge on any atom is 0.338 e. The highest BCUT2D eigenvalue weighted by Crippen LogP contribution is 2.33. The first-order valence-electron chi connectivity index (χ1n) is 9.06. The van der Waals surface area contributed by atoms with Crippen LogP contribution >= 0.6 is 0 Å². The molecule has 1 heterocycles. The molecule has 0 radical (unpaired) electrons. The number of hydrogen-bond donors (Lipinski definition) is 1. The van der Waals surface area contributed by atoms with E-state index in [0.29, 0.717) is 23.6 Å². The van der Waals surface area contributed by atoms with E-state index in [1.165, 1.54) is 11.9 Å². The molecule has 0 spiro atoms. The summed E-state index contributed by atoms with van der Waals surface area (Å²) in [5, 5.41) is 2.51. The van der Waals surface area contributed by atoms with Crippen molar-refractivity contribution in [2.24, 2.45) is 0 Å². The zero-order valence-electron chi connectivity index (χ0n) is 16.2. The molecule has 0 bridgehead atoms. The van der Waals surface area contributed by atoms with Crippen molar-refractivity contribution >= 4 is 23.5 Å². The number of ether oxygens (including phenoxy) is 3. The molecule has 0 fully saturated rings. The van der Waals surface area contributed by atoms with E-state index in [-0.39, 0.29) is 12.5 Å². The topological polar surface area (TPSA) is 94.2 Å². The third kappa shape index (κ3) is 4.72. The maximum absolute atomic E-state index is 12.8. The standard InChI is InChI=1S/C21H22N2O6/c1-22-20(25)18-11-23(16-8-3-4-9-17(16)29-18)19(24)13-28-21(26)15-7-5-6-14(10-15)12-27-2/h3-10,18H,11-13H2,1-2H3,(H,22,25)/t18-/m1/s1. The van der Waals surface area contributed by atoms with Gasteiger partial charge in [-0.15, -0.1) is 0 Å². The van der Waals surface area contributed by atoms with E-state index >= 15 is 0 Å². The Hall–Kier alpha value is -3.39. The summed E-state index contributed by atoms with van der Waals surface area (Å²) < 4.78 is 15.9. The second kappa shape index (κ2) is 9.20. The Bertz CT molecular complexity index is 914. The third-order valence-corrected chi connectivity index (χ3v) is 4.41. The van der Waals surface area contributed by atoms with Gasteiger partial charge in [0.2, 0.25) is 0 Å². The number of nitrogens with zero attached hydrogens (tertiary/aromatic N) is 1. The van der Waals surface area contributed by atoms with Gasteiger partial charge in [0.05, 0.1) is 24.4 Å². The molecule has 29 heavy (non-hydrogen) atoms. The Balaban J connectivity index is 1.70. The summed E-state index contributed by atoms with van der Waals surface area (Å²) in [5.41, 5.74) is 1.68. The number of benzene rings is 2. The summed E-state index contributed by atoms with van der Waals surface area (Å²) >= 11 is 0. The molecule has 0 saturated heterocycles. The molecule has 1 aliphatic rings. The predicted molar refractivity (Wildman–Crippen MR) is 105 cm³/mol. The number of likely N-dealkylation sites (N-methyl/N-ethyl adjacent to an activating group) is 1. The highest BCUT2D eigenvalue weighted by atomic mass is 16.5. The Morgan fingerprint density at radius 2 is 1.97 bits per heavy atom. The van der Waals surface area contributed by atoms with Crippen LogP contribution in [0, 0.1) is 0 Å². The van der Waals surface area contributed by atoms with Gasteiger partial charge in [0.1, 0.15) is 5.75 Å². The fourth-order valence-electron chi connectivity index (χ4n) is 3.01. The second-order valence-corrected chi connectivity index (χ2v) is 6.40. The van der Waals surface area contributed by atoms with Gasteiger partial charge in [-0.1, -0.05) is 24.3 Å². The van der Waals surface area contributed by atoms with Crippen molar-refractivity contribution in [1.82, 2.24) is 5.32 Å². The van der Waals surface area contributed by atoms with Crippen LogP contribution in [0.1, 0.15) is 15.9 Å². The smallest absolute Gasteiger partial charge is 0.338 e. The van der Waals surface area contributed by atoms with Gasteiger partial charge in [0.15, 0.2) is 12.7 Å². The highest BCUT2D eigenvalue weighted by molar-refractivity contribution is 5.99. The van der Waals surface area contributed by atoms with Crippen LogP contribution in [0.3, 0.4) is 0 Å². The lowest BCUT2D eigenvalue weighted by Crippen LogP contribution is -2.51. The number of amides is 2. The number of rotatable bonds is 6. The first-order valence-corrected chi connectivity index (χ1v) is 9.06. The van der Waals surface area contributed by atoms with Crippen LogP contribution in [-0.4, -0.2) is 51.2 Å². The third-order valence-electron chi connectivity index (χ3n) is 4.41. The van der Waals surface area contributed by atoms with Crippen LogP contribution in [-0.2, 0) is 25.7 Å². The number of hydrogen-bond acceptors (Lipinski definition) is 6. The minimum Gasteiger partial charge on any atom is -0.477 e.